The fraction of sp³-hybridized carbons (Fsp3) is 0.217. The molecular formula is C46H42F2I2N2O4S2. The lowest BCUT2D eigenvalue weighted by molar-refractivity contribution is 0.320. The first-order chi connectivity index (χ1) is 27.8. The summed E-state index contributed by atoms with van der Waals surface area (Å²) < 4.78 is 82.0. The van der Waals surface area contributed by atoms with Gasteiger partial charge in [0.1, 0.15) is 21.1 Å². The molecule has 0 amide bonds. The molecule has 0 radical (unpaired) electrons. The highest BCUT2D eigenvalue weighted by molar-refractivity contribution is 14.1. The average molecular weight is 1040 g/mol. The fourth-order valence-electron chi connectivity index (χ4n) is 8.08. The van der Waals surface area contributed by atoms with Gasteiger partial charge in [-0.25, -0.2) is 25.6 Å². The first-order valence-electron chi connectivity index (χ1n) is 18.9. The number of nitrogens with zero attached hydrogens (tertiary/aromatic N) is 2. The highest BCUT2D eigenvalue weighted by Gasteiger charge is 2.52. The molecule has 58 heavy (non-hydrogen) atoms. The van der Waals surface area contributed by atoms with Crippen molar-refractivity contribution < 1.29 is 25.6 Å². The van der Waals surface area contributed by atoms with Gasteiger partial charge in [0.05, 0.1) is 9.79 Å². The van der Waals surface area contributed by atoms with Crippen LogP contribution in [0.1, 0.15) is 35.1 Å². The van der Waals surface area contributed by atoms with E-state index in [9.17, 15) is 25.6 Å². The van der Waals surface area contributed by atoms with E-state index in [0.717, 1.165) is 29.4 Å². The van der Waals surface area contributed by atoms with Crippen molar-refractivity contribution >= 4 is 64.9 Å². The van der Waals surface area contributed by atoms with Crippen LogP contribution in [0.5, 0.6) is 0 Å². The van der Waals surface area contributed by atoms with Crippen LogP contribution in [-0.4, -0.2) is 52.8 Å². The van der Waals surface area contributed by atoms with Crippen molar-refractivity contribution in [3.05, 3.63) is 199 Å². The molecule has 2 fully saturated rings. The summed E-state index contributed by atoms with van der Waals surface area (Å²) in [6.45, 7) is 3.57. The summed E-state index contributed by atoms with van der Waals surface area (Å²) >= 11 is 4.44. The minimum Gasteiger partial charge on any atom is -0.297 e. The molecule has 0 spiro atoms. The Labute approximate surface area is 367 Å². The number of benzene rings is 6. The molecule has 6 aromatic carbocycles. The lowest BCUT2D eigenvalue weighted by Crippen LogP contribution is -2.39. The van der Waals surface area contributed by atoms with Crippen LogP contribution in [0.15, 0.2) is 168 Å². The molecule has 2 atom stereocenters. The van der Waals surface area contributed by atoms with Crippen molar-refractivity contribution in [3.63, 3.8) is 0 Å². The summed E-state index contributed by atoms with van der Waals surface area (Å²) in [5, 5.41) is 0. The Bertz CT molecular complexity index is 2350. The lowest BCUT2D eigenvalue weighted by Gasteiger charge is -2.30. The van der Waals surface area contributed by atoms with Gasteiger partial charge in [0.25, 0.3) is 0 Å². The second-order valence-electron chi connectivity index (χ2n) is 14.8. The number of hydrogen-bond acceptors (Lipinski definition) is 6. The molecule has 0 unspecified atom stereocenters. The minimum atomic E-state index is -3.72. The molecule has 12 heteroatoms. The van der Waals surface area contributed by atoms with E-state index in [1.807, 2.05) is 84.9 Å². The number of halogens is 4. The van der Waals surface area contributed by atoms with Crippen LogP contribution in [0.4, 0.5) is 8.78 Å². The zero-order chi connectivity index (χ0) is 41.0. The van der Waals surface area contributed by atoms with Crippen LogP contribution in [0, 0.1) is 18.8 Å². The van der Waals surface area contributed by atoms with Gasteiger partial charge in [-0.3, -0.25) is 9.80 Å². The van der Waals surface area contributed by atoms with Gasteiger partial charge in [0, 0.05) is 46.4 Å². The quantitative estimate of drug-likeness (QED) is 0.101. The van der Waals surface area contributed by atoms with Gasteiger partial charge < -0.3 is 0 Å². The van der Waals surface area contributed by atoms with Crippen LogP contribution in [0.25, 0.3) is 0 Å². The molecule has 2 heterocycles. The molecule has 2 saturated heterocycles. The Morgan fingerprint density at radius 3 is 1.12 bits per heavy atom. The summed E-state index contributed by atoms with van der Waals surface area (Å²) in [6, 6.07) is 45.9. The van der Waals surface area contributed by atoms with E-state index in [4.69, 9.17) is 0 Å². The molecular weight excluding hydrogens is 1000 g/mol. The molecule has 6 nitrogen and oxygen atoms in total. The number of likely N-dealkylation sites (tertiary alicyclic amines) is 2. The third-order valence-electron chi connectivity index (χ3n) is 11.1. The number of rotatable bonds is 10. The molecule has 6 aromatic rings. The third kappa shape index (κ3) is 8.97. The maximum atomic E-state index is 13.8. The van der Waals surface area contributed by atoms with E-state index < -0.39 is 40.8 Å². The highest BCUT2D eigenvalue weighted by atomic mass is 127. The molecule has 0 aromatic heterocycles. The third-order valence-corrected chi connectivity index (χ3v) is 17.6. The van der Waals surface area contributed by atoms with Crippen LogP contribution < -0.4 is 0 Å². The van der Waals surface area contributed by atoms with Gasteiger partial charge in [0.2, 0.25) is 0 Å². The van der Waals surface area contributed by atoms with Gasteiger partial charge in [-0.1, -0.05) is 84.9 Å². The highest BCUT2D eigenvalue weighted by Crippen LogP contribution is 2.45. The van der Waals surface area contributed by atoms with E-state index in [1.165, 1.54) is 48.5 Å². The molecule has 8 rings (SSSR count). The van der Waals surface area contributed by atoms with Gasteiger partial charge in [-0.15, -0.1) is 0 Å². The maximum Gasteiger partial charge on any atom is 0.189 e. The Balaban J connectivity index is 0.000000177. The first-order valence-corrected chi connectivity index (χ1v) is 24.0. The molecule has 0 aliphatic carbocycles. The summed E-state index contributed by atoms with van der Waals surface area (Å²) in [4.78, 5) is 4.71. The predicted octanol–water partition coefficient (Wildman–Crippen LogP) is 10.0. The van der Waals surface area contributed by atoms with E-state index in [0.29, 0.717) is 52.1 Å². The van der Waals surface area contributed by atoms with Gasteiger partial charge in [-0.2, -0.15) is 0 Å². The van der Waals surface area contributed by atoms with E-state index in [-0.39, 0.29) is 9.79 Å². The largest absolute Gasteiger partial charge is 0.297 e. The standard InChI is InChI=1S/2C23H21FINO2S/c2*24-20-8-12-22(13-9-20)29(27,28)23(19-6-10-21(25)11-7-19)14-15-26(17-23)16-18-4-2-1-3-5-18/h2*1-13H,14-17H2/t2*23-/m10/s1. The molecule has 2 aliphatic heterocycles. The summed E-state index contributed by atoms with van der Waals surface area (Å²) in [5.74, 6) is -0.881. The second-order valence-corrected chi connectivity index (χ2v) is 21.8. The molecule has 300 valence electrons. The second kappa shape index (κ2) is 18.0. The Morgan fingerprint density at radius 2 is 0.793 bits per heavy atom. The first kappa shape index (κ1) is 42.6. The molecule has 0 N–H and O–H groups in total. The summed E-state index contributed by atoms with van der Waals surface area (Å²) in [5.41, 5.74) is 3.89. The molecule has 2 aliphatic rings. The molecule has 0 saturated carbocycles. The zero-order valence-corrected chi connectivity index (χ0v) is 37.5. The van der Waals surface area contributed by atoms with Crippen LogP contribution in [0.3, 0.4) is 0 Å². The van der Waals surface area contributed by atoms with Crippen molar-refractivity contribution in [2.75, 3.05) is 26.2 Å². The van der Waals surface area contributed by atoms with Crippen molar-refractivity contribution in [3.8, 4) is 0 Å². The Kier molecular flexibility index (Phi) is 13.2. The predicted molar refractivity (Wildman–Crippen MR) is 242 cm³/mol. The lowest BCUT2D eigenvalue weighted by atomic mass is 9.97. The molecule has 0 bridgehead atoms. The fourth-order valence-corrected chi connectivity index (χ4v) is 13.0. The van der Waals surface area contributed by atoms with Crippen molar-refractivity contribution in [2.45, 2.75) is 45.2 Å². The van der Waals surface area contributed by atoms with Crippen molar-refractivity contribution in [2.24, 2.45) is 0 Å². The van der Waals surface area contributed by atoms with Gasteiger partial charge >= 0.3 is 0 Å². The number of sulfone groups is 2. The average Bonchev–Trinajstić information content (AvgIpc) is 3.87. The number of hydrogen-bond donors (Lipinski definition) is 0. The van der Waals surface area contributed by atoms with Crippen LogP contribution >= 0.6 is 45.2 Å². The monoisotopic (exact) mass is 1040 g/mol. The zero-order valence-electron chi connectivity index (χ0n) is 31.5. The van der Waals surface area contributed by atoms with Crippen LogP contribution in [0.2, 0.25) is 0 Å². The smallest absolute Gasteiger partial charge is 0.189 e. The minimum absolute atomic E-state index is 0.166. The topological polar surface area (TPSA) is 74.8 Å². The maximum absolute atomic E-state index is 13.8. The van der Waals surface area contributed by atoms with Crippen molar-refractivity contribution in [1.82, 2.24) is 9.80 Å². The van der Waals surface area contributed by atoms with Crippen LogP contribution in [-0.2, 0) is 42.3 Å². The van der Waals surface area contributed by atoms with E-state index >= 15 is 0 Å². The Hall–Kier alpha value is -3.54. The van der Waals surface area contributed by atoms with Crippen molar-refractivity contribution in [1.29, 1.82) is 0 Å². The summed E-state index contributed by atoms with van der Waals surface area (Å²) in [7, 11) is -7.44. The van der Waals surface area contributed by atoms with Gasteiger partial charge in [-0.05, 0) is 153 Å². The summed E-state index contributed by atoms with van der Waals surface area (Å²) in [6.07, 6.45) is 1.00. The SMILES string of the molecule is O=S(=O)(c1ccc(F)cc1)[C@@]1(c2ccc(I)cc2)CCN(Cc2ccccc2)C1.O=S(=O)(c1ccc(F)cc1)[C@]1(c2ccc(I)cc2)CCN(Cc2ccccc2)C1. The van der Waals surface area contributed by atoms with E-state index in [1.54, 1.807) is 0 Å². The van der Waals surface area contributed by atoms with Gasteiger partial charge in [0.15, 0.2) is 19.7 Å². The Morgan fingerprint density at radius 1 is 0.466 bits per heavy atom. The normalized spacial score (nSPS) is 20.1. The van der Waals surface area contributed by atoms with E-state index in [2.05, 4.69) is 79.2 Å².